The van der Waals surface area contributed by atoms with E-state index in [9.17, 15) is 18.8 Å². The van der Waals surface area contributed by atoms with Crippen LogP contribution in [0.15, 0.2) is 72.8 Å². The van der Waals surface area contributed by atoms with Gasteiger partial charge in [0.2, 0.25) is 5.91 Å². The van der Waals surface area contributed by atoms with Crippen LogP contribution in [0.5, 0.6) is 5.75 Å². The lowest BCUT2D eigenvalue weighted by atomic mass is 10.1. The van der Waals surface area contributed by atoms with Crippen LogP contribution < -0.4 is 15.0 Å². The number of ether oxygens (including phenoxy) is 1. The number of hydrogen-bond acceptors (Lipinski definition) is 5. The molecule has 0 bridgehead atoms. The fourth-order valence-corrected chi connectivity index (χ4v) is 4.47. The van der Waals surface area contributed by atoms with Gasteiger partial charge in [-0.05, 0) is 80.6 Å². The highest BCUT2D eigenvalue weighted by Gasteiger charge is 2.24. The summed E-state index contributed by atoms with van der Waals surface area (Å²) in [5, 5.41) is 2.87. The summed E-state index contributed by atoms with van der Waals surface area (Å²) in [6.45, 7) is 6.00. The number of amides is 3. The van der Waals surface area contributed by atoms with Gasteiger partial charge in [-0.1, -0.05) is 6.07 Å². The van der Waals surface area contributed by atoms with Gasteiger partial charge in [0.25, 0.3) is 11.8 Å². The van der Waals surface area contributed by atoms with Crippen LogP contribution in [0.1, 0.15) is 34.6 Å². The zero-order chi connectivity index (χ0) is 27.9. The first kappa shape index (κ1) is 27.6. The molecule has 1 heterocycles. The third-order valence-electron chi connectivity index (χ3n) is 6.69. The number of carbonyl (C=O) groups excluding carboxylic acids is 3. The topological polar surface area (TPSA) is 82.2 Å². The van der Waals surface area contributed by atoms with Gasteiger partial charge < -0.3 is 24.8 Å². The predicted octanol–water partition coefficient (Wildman–Crippen LogP) is 4.29. The Morgan fingerprint density at radius 3 is 2.18 bits per heavy atom. The quantitative estimate of drug-likeness (QED) is 0.468. The molecule has 1 N–H and O–H groups in total. The van der Waals surface area contributed by atoms with Crippen LogP contribution in [-0.4, -0.2) is 73.4 Å². The number of nitrogens with zero attached hydrogens (tertiary/aromatic N) is 3. The van der Waals surface area contributed by atoms with Crippen molar-refractivity contribution in [2.45, 2.75) is 19.9 Å². The summed E-state index contributed by atoms with van der Waals surface area (Å²) >= 11 is 0. The SMILES string of the molecule is COc1ccc(C(=O)N(CC(=O)Nc2ccc(N3CCN(C(=O)c4cccc(F)c4)CC3)cc2)C(C)C)cc1. The molecule has 1 aliphatic rings. The number of halogens is 1. The van der Waals surface area contributed by atoms with Crippen molar-refractivity contribution in [3.63, 3.8) is 0 Å². The molecule has 3 amide bonds. The second kappa shape index (κ2) is 12.4. The van der Waals surface area contributed by atoms with Crippen molar-refractivity contribution in [2.24, 2.45) is 0 Å². The molecule has 4 rings (SSSR count). The number of nitrogens with one attached hydrogen (secondary N) is 1. The maximum Gasteiger partial charge on any atom is 0.254 e. The predicted molar refractivity (Wildman–Crippen MR) is 149 cm³/mol. The van der Waals surface area contributed by atoms with Crippen molar-refractivity contribution in [3.8, 4) is 5.75 Å². The van der Waals surface area contributed by atoms with Gasteiger partial charge in [-0.3, -0.25) is 14.4 Å². The average Bonchev–Trinajstić information content (AvgIpc) is 2.95. The van der Waals surface area contributed by atoms with Gasteiger partial charge in [0.15, 0.2) is 0 Å². The summed E-state index contributed by atoms with van der Waals surface area (Å²) in [7, 11) is 1.56. The number of rotatable bonds is 8. The number of carbonyl (C=O) groups is 3. The highest BCUT2D eigenvalue weighted by Crippen LogP contribution is 2.21. The third kappa shape index (κ3) is 6.93. The second-order valence-corrected chi connectivity index (χ2v) is 9.64. The van der Waals surface area contributed by atoms with Crippen LogP contribution in [0.2, 0.25) is 0 Å². The molecular formula is C30H33FN4O4. The van der Waals surface area contributed by atoms with Gasteiger partial charge in [-0.25, -0.2) is 4.39 Å². The van der Waals surface area contributed by atoms with Crippen LogP contribution in [0.4, 0.5) is 15.8 Å². The lowest BCUT2D eigenvalue weighted by molar-refractivity contribution is -0.117. The van der Waals surface area contributed by atoms with Crippen LogP contribution in [0.25, 0.3) is 0 Å². The molecule has 8 nitrogen and oxygen atoms in total. The summed E-state index contributed by atoms with van der Waals surface area (Å²) in [5.41, 5.74) is 2.44. The minimum absolute atomic E-state index is 0.0778. The Labute approximate surface area is 228 Å². The molecule has 0 aromatic heterocycles. The van der Waals surface area contributed by atoms with Crippen molar-refractivity contribution >= 4 is 29.1 Å². The van der Waals surface area contributed by atoms with Crippen molar-refractivity contribution in [1.29, 1.82) is 0 Å². The van der Waals surface area contributed by atoms with Crippen LogP contribution >= 0.6 is 0 Å². The van der Waals surface area contributed by atoms with E-state index in [1.807, 2.05) is 38.1 Å². The highest BCUT2D eigenvalue weighted by atomic mass is 19.1. The summed E-state index contributed by atoms with van der Waals surface area (Å²) in [6, 6.07) is 19.9. The molecule has 39 heavy (non-hydrogen) atoms. The fourth-order valence-electron chi connectivity index (χ4n) is 4.47. The molecule has 0 radical (unpaired) electrons. The molecule has 0 aliphatic carbocycles. The molecule has 0 atom stereocenters. The monoisotopic (exact) mass is 532 g/mol. The third-order valence-corrected chi connectivity index (χ3v) is 6.69. The van der Waals surface area contributed by atoms with Gasteiger partial charge in [-0.2, -0.15) is 0 Å². The van der Waals surface area contributed by atoms with Gasteiger partial charge in [0.1, 0.15) is 18.1 Å². The van der Waals surface area contributed by atoms with E-state index < -0.39 is 5.82 Å². The van der Waals surface area contributed by atoms with E-state index in [0.29, 0.717) is 48.7 Å². The summed E-state index contributed by atoms with van der Waals surface area (Å²) in [6.07, 6.45) is 0. The van der Waals surface area contributed by atoms with Crippen molar-refractivity contribution in [2.75, 3.05) is 50.1 Å². The number of anilines is 2. The number of benzene rings is 3. The van der Waals surface area contributed by atoms with E-state index >= 15 is 0 Å². The Morgan fingerprint density at radius 1 is 0.923 bits per heavy atom. The smallest absolute Gasteiger partial charge is 0.254 e. The molecule has 0 spiro atoms. The van der Waals surface area contributed by atoms with E-state index in [2.05, 4.69) is 10.2 Å². The minimum Gasteiger partial charge on any atom is -0.497 e. The van der Waals surface area contributed by atoms with E-state index in [4.69, 9.17) is 4.74 Å². The molecule has 0 unspecified atom stereocenters. The molecule has 3 aromatic rings. The lowest BCUT2D eigenvalue weighted by Gasteiger charge is -2.36. The number of hydrogen-bond donors (Lipinski definition) is 1. The van der Waals surface area contributed by atoms with E-state index in [-0.39, 0.29) is 30.3 Å². The molecule has 3 aromatic carbocycles. The van der Waals surface area contributed by atoms with Crippen LogP contribution in [0.3, 0.4) is 0 Å². The largest absolute Gasteiger partial charge is 0.497 e. The van der Waals surface area contributed by atoms with E-state index in [1.54, 1.807) is 42.3 Å². The van der Waals surface area contributed by atoms with Crippen molar-refractivity contribution in [3.05, 3.63) is 89.7 Å². The Bertz CT molecular complexity index is 1300. The van der Waals surface area contributed by atoms with Crippen LogP contribution in [-0.2, 0) is 4.79 Å². The lowest BCUT2D eigenvalue weighted by Crippen LogP contribution is -2.48. The summed E-state index contributed by atoms with van der Waals surface area (Å²) < 4.78 is 18.6. The Kier molecular flexibility index (Phi) is 8.81. The Morgan fingerprint density at radius 2 is 1.59 bits per heavy atom. The Hall–Kier alpha value is -4.40. The zero-order valence-electron chi connectivity index (χ0n) is 22.4. The molecule has 1 fully saturated rings. The van der Waals surface area contributed by atoms with Crippen molar-refractivity contribution < 1.29 is 23.5 Å². The maximum absolute atomic E-state index is 13.5. The molecule has 1 aliphatic heterocycles. The van der Waals surface area contributed by atoms with Crippen LogP contribution in [0, 0.1) is 5.82 Å². The highest BCUT2D eigenvalue weighted by molar-refractivity contribution is 5.99. The van der Waals surface area contributed by atoms with Gasteiger partial charge in [0.05, 0.1) is 7.11 Å². The first-order chi connectivity index (χ1) is 18.7. The summed E-state index contributed by atoms with van der Waals surface area (Å²) in [5.74, 6) is -0.459. The molecule has 0 saturated carbocycles. The molecule has 204 valence electrons. The number of methoxy groups -OCH3 is 1. The molecule has 1 saturated heterocycles. The minimum atomic E-state index is -0.424. The maximum atomic E-state index is 13.5. The number of piperazine rings is 1. The van der Waals surface area contributed by atoms with E-state index in [1.165, 1.54) is 23.1 Å². The van der Waals surface area contributed by atoms with Gasteiger partial charge >= 0.3 is 0 Å². The average molecular weight is 533 g/mol. The fraction of sp³-hybridized carbons (Fsp3) is 0.300. The Balaban J connectivity index is 1.30. The van der Waals surface area contributed by atoms with Gasteiger partial charge in [-0.15, -0.1) is 0 Å². The molecular weight excluding hydrogens is 499 g/mol. The van der Waals surface area contributed by atoms with Crippen molar-refractivity contribution in [1.82, 2.24) is 9.80 Å². The second-order valence-electron chi connectivity index (χ2n) is 9.64. The first-order valence-electron chi connectivity index (χ1n) is 12.9. The summed E-state index contributed by atoms with van der Waals surface area (Å²) in [4.78, 5) is 43.9. The zero-order valence-corrected chi connectivity index (χ0v) is 22.4. The van der Waals surface area contributed by atoms with E-state index in [0.717, 1.165) is 5.69 Å². The standard InChI is InChI=1S/C30H33FN4O4/c1-21(2)35(30(38)22-7-13-27(39-3)14-8-22)20-28(36)32-25-9-11-26(12-10-25)33-15-17-34(18-16-33)29(37)23-5-4-6-24(31)19-23/h4-14,19,21H,15-18,20H2,1-3H3,(H,32,36). The first-order valence-corrected chi connectivity index (χ1v) is 12.9. The van der Waals surface area contributed by atoms with Gasteiger partial charge in [0, 0.05) is 54.7 Å². The normalized spacial score (nSPS) is 13.3. The molecule has 9 heteroatoms.